The second-order valence-corrected chi connectivity index (χ2v) is 7.95. The normalized spacial score (nSPS) is 31.2. The molecule has 1 aromatic carbocycles. The van der Waals surface area contributed by atoms with Gasteiger partial charge < -0.3 is 0 Å². The maximum atomic E-state index is 14.0. The van der Waals surface area contributed by atoms with Gasteiger partial charge in [0.2, 0.25) is 0 Å². The average Bonchev–Trinajstić information content (AvgIpc) is 2.61. The second kappa shape index (κ2) is 7.93. The zero-order chi connectivity index (χ0) is 17.1. The minimum Gasteiger partial charge on any atom is -0.204 e. The Hall–Kier alpha value is -0.990. The number of rotatable bonds is 4. The largest absolute Gasteiger partial charge is 0.204 e. The highest BCUT2D eigenvalue weighted by atomic mass is 19.2. The van der Waals surface area contributed by atoms with E-state index in [1.165, 1.54) is 44.6 Å². The van der Waals surface area contributed by atoms with E-state index < -0.39 is 17.5 Å². The minimum absolute atomic E-state index is 0.0489. The highest BCUT2D eigenvalue weighted by Gasteiger charge is 2.32. The molecule has 0 heterocycles. The molecule has 3 heteroatoms. The van der Waals surface area contributed by atoms with Crippen molar-refractivity contribution >= 4 is 0 Å². The van der Waals surface area contributed by atoms with Crippen molar-refractivity contribution in [2.24, 2.45) is 17.8 Å². The zero-order valence-corrected chi connectivity index (χ0v) is 14.7. The molecule has 3 rings (SSSR count). The molecule has 134 valence electrons. The highest BCUT2D eigenvalue weighted by Crippen LogP contribution is 2.45. The number of benzene rings is 1. The molecule has 0 amide bonds. The van der Waals surface area contributed by atoms with Crippen LogP contribution in [0.2, 0.25) is 0 Å². The summed E-state index contributed by atoms with van der Waals surface area (Å²) in [5, 5.41) is 0. The highest BCUT2D eigenvalue weighted by molar-refractivity contribution is 5.24. The van der Waals surface area contributed by atoms with Crippen LogP contribution in [0.4, 0.5) is 13.2 Å². The van der Waals surface area contributed by atoms with E-state index >= 15 is 0 Å². The summed E-state index contributed by atoms with van der Waals surface area (Å²) in [7, 11) is 0. The van der Waals surface area contributed by atoms with Gasteiger partial charge in [0.15, 0.2) is 17.5 Å². The maximum Gasteiger partial charge on any atom is 0.194 e. The fourth-order valence-corrected chi connectivity index (χ4v) is 5.11. The van der Waals surface area contributed by atoms with Gasteiger partial charge in [0.1, 0.15) is 0 Å². The Bertz CT molecular complexity index is 538. The van der Waals surface area contributed by atoms with Crippen LogP contribution in [0.15, 0.2) is 12.1 Å². The van der Waals surface area contributed by atoms with Gasteiger partial charge >= 0.3 is 0 Å². The van der Waals surface area contributed by atoms with Crippen molar-refractivity contribution < 1.29 is 13.2 Å². The Balaban J connectivity index is 1.54. The summed E-state index contributed by atoms with van der Waals surface area (Å²) in [6.07, 6.45) is 12.1. The summed E-state index contributed by atoms with van der Waals surface area (Å²) in [6.45, 7) is 2.27. The van der Waals surface area contributed by atoms with E-state index in [-0.39, 0.29) is 5.92 Å². The predicted molar refractivity (Wildman–Crippen MR) is 91.4 cm³/mol. The lowest BCUT2D eigenvalue weighted by atomic mass is 9.68. The van der Waals surface area contributed by atoms with Crippen molar-refractivity contribution in [3.8, 4) is 0 Å². The molecule has 0 saturated heterocycles. The van der Waals surface area contributed by atoms with E-state index in [1.54, 1.807) is 0 Å². The van der Waals surface area contributed by atoms with Gasteiger partial charge in [-0.25, -0.2) is 13.2 Å². The van der Waals surface area contributed by atoms with Gasteiger partial charge in [-0.3, -0.25) is 0 Å². The third-order valence-corrected chi connectivity index (χ3v) is 6.53. The van der Waals surface area contributed by atoms with Crippen molar-refractivity contribution in [1.82, 2.24) is 0 Å². The lowest BCUT2D eigenvalue weighted by Crippen LogP contribution is -2.25. The summed E-state index contributed by atoms with van der Waals surface area (Å²) in [5.74, 6) is -0.825. The molecule has 0 bridgehead atoms. The lowest BCUT2D eigenvalue weighted by Gasteiger charge is -2.38. The Morgan fingerprint density at radius 3 is 1.96 bits per heavy atom. The molecule has 0 nitrogen and oxygen atoms in total. The fourth-order valence-electron chi connectivity index (χ4n) is 5.11. The van der Waals surface area contributed by atoms with Crippen LogP contribution in [0.5, 0.6) is 0 Å². The van der Waals surface area contributed by atoms with Crippen LogP contribution in [0, 0.1) is 35.2 Å². The standard InChI is InChI=1S/C21H29F3/c1-2-3-14-4-6-15(7-5-14)16-8-10-17(11-9-16)18-12-13-19(22)21(24)20(18)23/h12-17H,2-11H2,1H3. The SMILES string of the molecule is CCCC1CCC(C2CCC(c3ccc(F)c(F)c3F)CC2)CC1. The molecule has 0 atom stereocenters. The van der Waals surface area contributed by atoms with E-state index in [4.69, 9.17) is 0 Å². The predicted octanol–water partition coefficient (Wildman–Crippen LogP) is 6.98. The summed E-state index contributed by atoms with van der Waals surface area (Å²) in [4.78, 5) is 0. The first kappa shape index (κ1) is 17.8. The second-order valence-electron chi connectivity index (χ2n) is 7.95. The molecule has 0 aliphatic heterocycles. The third-order valence-electron chi connectivity index (χ3n) is 6.53. The molecule has 24 heavy (non-hydrogen) atoms. The summed E-state index contributed by atoms with van der Waals surface area (Å²) in [6, 6.07) is 2.50. The van der Waals surface area contributed by atoms with Crippen LogP contribution >= 0.6 is 0 Å². The molecular formula is C21H29F3. The van der Waals surface area contributed by atoms with Gasteiger partial charge in [-0.2, -0.15) is 0 Å². The number of hydrogen-bond donors (Lipinski definition) is 0. The Kier molecular flexibility index (Phi) is 5.89. The molecule has 2 aliphatic carbocycles. The first-order valence-corrected chi connectivity index (χ1v) is 9.73. The van der Waals surface area contributed by atoms with Crippen molar-refractivity contribution in [2.45, 2.75) is 77.0 Å². The molecular weight excluding hydrogens is 309 g/mol. The Morgan fingerprint density at radius 2 is 1.38 bits per heavy atom. The van der Waals surface area contributed by atoms with Crippen LogP contribution in [0.25, 0.3) is 0 Å². The molecule has 2 saturated carbocycles. The Morgan fingerprint density at radius 1 is 0.792 bits per heavy atom. The molecule has 0 N–H and O–H groups in total. The smallest absolute Gasteiger partial charge is 0.194 e. The zero-order valence-electron chi connectivity index (χ0n) is 14.7. The minimum atomic E-state index is -1.32. The van der Waals surface area contributed by atoms with Crippen LogP contribution in [-0.2, 0) is 0 Å². The van der Waals surface area contributed by atoms with Gasteiger partial charge in [-0.05, 0) is 73.8 Å². The molecule has 2 fully saturated rings. The first-order chi connectivity index (χ1) is 11.6. The van der Waals surface area contributed by atoms with Crippen molar-refractivity contribution in [2.75, 3.05) is 0 Å². The van der Waals surface area contributed by atoms with E-state index in [0.717, 1.165) is 49.5 Å². The topological polar surface area (TPSA) is 0 Å². The van der Waals surface area contributed by atoms with Crippen LogP contribution in [-0.4, -0.2) is 0 Å². The molecule has 0 radical (unpaired) electrons. The average molecular weight is 338 g/mol. The molecule has 2 aliphatic rings. The van der Waals surface area contributed by atoms with Gasteiger partial charge in [0, 0.05) is 0 Å². The van der Waals surface area contributed by atoms with Crippen molar-refractivity contribution in [3.05, 3.63) is 35.1 Å². The number of hydrogen-bond acceptors (Lipinski definition) is 0. The molecule has 0 spiro atoms. The van der Waals surface area contributed by atoms with Crippen LogP contribution in [0.1, 0.15) is 82.6 Å². The van der Waals surface area contributed by atoms with Crippen molar-refractivity contribution in [3.63, 3.8) is 0 Å². The summed E-state index contributed by atoms with van der Waals surface area (Å²) in [5.41, 5.74) is 0.374. The number of halogens is 3. The first-order valence-electron chi connectivity index (χ1n) is 9.73. The maximum absolute atomic E-state index is 14.0. The van der Waals surface area contributed by atoms with Gasteiger partial charge in [-0.1, -0.05) is 38.7 Å². The summed E-state index contributed by atoms with van der Waals surface area (Å²) >= 11 is 0. The van der Waals surface area contributed by atoms with Gasteiger partial charge in [-0.15, -0.1) is 0 Å². The van der Waals surface area contributed by atoms with Crippen molar-refractivity contribution in [1.29, 1.82) is 0 Å². The van der Waals surface area contributed by atoms with Gasteiger partial charge in [0.25, 0.3) is 0 Å². The Labute approximate surface area is 143 Å². The van der Waals surface area contributed by atoms with E-state index in [2.05, 4.69) is 6.92 Å². The summed E-state index contributed by atoms with van der Waals surface area (Å²) < 4.78 is 40.6. The van der Waals surface area contributed by atoms with Crippen LogP contribution < -0.4 is 0 Å². The molecule has 1 aromatic rings. The fraction of sp³-hybridized carbons (Fsp3) is 0.714. The monoisotopic (exact) mass is 338 g/mol. The molecule has 0 aromatic heterocycles. The molecule has 0 unspecified atom stereocenters. The van der Waals surface area contributed by atoms with E-state index in [9.17, 15) is 13.2 Å². The third kappa shape index (κ3) is 3.81. The van der Waals surface area contributed by atoms with E-state index in [1.807, 2.05) is 0 Å². The lowest BCUT2D eigenvalue weighted by molar-refractivity contribution is 0.156. The van der Waals surface area contributed by atoms with Gasteiger partial charge in [0.05, 0.1) is 0 Å². The quantitative estimate of drug-likeness (QED) is 0.519. The van der Waals surface area contributed by atoms with E-state index in [0.29, 0.717) is 5.56 Å². The van der Waals surface area contributed by atoms with Crippen LogP contribution in [0.3, 0.4) is 0 Å².